The van der Waals surface area contributed by atoms with E-state index in [0.717, 1.165) is 48.8 Å². The number of hydrogen-bond donors (Lipinski definition) is 0. The maximum atomic E-state index is 14.2. The number of pyridine rings is 1. The Morgan fingerprint density at radius 3 is 2.83 bits per heavy atom. The van der Waals surface area contributed by atoms with Gasteiger partial charge in [0.15, 0.2) is 12.2 Å². The van der Waals surface area contributed by atoms with E-state index in [0.29, 0.717) is 45.0 Å². The van der Waals surface area contributed by atoms with Gasteiger partial charge in [0, 0.05) is 24.7 Å². The number of hydrogen-bond acceptors (Lipinski definition) is 6. The van der Waals surface area contributed by atoms with Crippen molar-refractivity contribution in [3.05, 3.63) is 66.4 Å². The molecular formula is C32H39N3O5. The molecule has 1 aromatic heterocycles. The largest absolute Gasteiger partial charge is 0.491 e. The van der Waals surface area contributed by atoms with Crippen LogP contribution in [0.15, 0.2) is 60.8 Å². The number of unbranched alkanes of at least 4 members (excludes halogenated alkanes) is 1. The standard InChI is InChI=1S/C32H39N3O5/c1-2-3-18-34-19-21-38-27-14-5-4-10-25(27)11-6-7-16-32(31(34)37)24-35(20-22-40-32)29(36)23-39-28-15-8-12-26-13-9-17-33-30(26)28/h4-5,8-10,12-15,17H,2-3,6-7,11,16,18-24H2,1H3. The molecule has 1 atom stereocenters. The van der Waals surface area contributed by atoms with Gasteiger partial charge in [-0.1, -0.05) is 49.7 Å². The minimum absolute atomic E-state index is 0.0462. The Morgan fingerprint density at radius 2 is 1.93 bits per heavy atom. The fraction of sp³-hybridized carbons (Fsp3) is 0.469. The summed E-state index contributed by atoms with van der Waals surface area (Å²) in [6.45, 7) is 4.49. The van der Waals surface area contributed by atoms with Crippen LogP contribution in [-0.4, -0.2) is 78.2 Å². The smallest absolute Gasteiger partial charge is 0.260 e. The predicted octanol–water partition coefficient (Wildman–Crippen LogP) is 4.65. The highest BCUT2D eigenvalue weighted by molar-refractivity contribution is 5.88. The van der Waals surface area contributed by atoms with Gasteiger partial charge in [-0.05, 0) is 55.9 Å². The lowest BCUT2D eigenvalue weighted by molar-refractivity contribution is -0.177. The number of aryl methyl sites for hydroxylation is 1. The molecule has 212 valence electrons. The fourth-order valence-corrected chi connectivity index (χ4v) is 5.60. The van der Waals surface area contributed by atoms with Crippen molar-refractivity contribution in [1.82, 2.24) is 14.8 Å². The molecule has 1 saturated heterocycles. The molecule has 2 aliphatic rings. The number of morpholine rings is 1. The maximum absolute atomic E-state index is 14.2. The SMILES string of the molecule is CCCCN1CCOc2ccccc2CCCCC2(CN(C(=O)COc3cccc4cccnc34)CCO2)C1=O. The van der Waals surface area contributed by atoms with Crippen molar-refractivity contribution in [3.63, 3.8) is 0 Å². The zero-order valence-corrected chi connectivity index (χ0v) is 23.3. The molecular weight excluding hydrogens is 506 g/mol. The monoisotopic (exact) mass is 545 g/mol. The molecule has 2 aliphatic heterocycles. The van der Waals surface area contributed by atoms with Crippen LogP contribution >= 0.6 is 0 Å². The third-order valence-corrected chi connectivity index (χ3v) is 7.81. The van der Waals surface area contributed by atoms with E-state index in [4.69, 9.17) is 14.2 Å². The third kappa shape index (κ3) is 6.39. The molecule has 0 saturated carbocycles. The summed E-state index contributed by atoms with van der Waals surface area (Å²) >= 11 is 0. The van der Waals surface area contributed by atoms with Gasteiger partial charge in [-0.3, -0.25) is 14.6 Å². The first kappa shape index (κ1) is 27.9. The molecule has 1 unspecified atom stereocenters. The molecule has 2 aromatic carbocycles. The van der Waals surface area contributed by atoms with Crippen LogP contribution in [0.1, 0.15) is 44.6 Å². The Bertz CT molecular complexity index is 1310. The molecule has 0 radical (unpaired) electrons. The number of carbonyl (C=O) groups is 2. The van der Waals surface area contributed by atoms with Gasteiger partial charge in [0.1, 0.15) is 23.6 Å². The minimum Gasteiger partial charge on any atom is -0.491 e. The van der Waals surface area contributed by atoms with Crippen molar-refractivity contribution in [2.45, 2.75) is 51.0 Å². The first-order valence-electron chi connectivity index (χ1n) is 14.5. The van der Waals surface area contributed by atoms with Gasteiger partial charge in [0.25, 0.3) is 11.8 Å². The molecule has 0 aliphatic carbocycles. The second kappa shape index (κ2) is 13.1. The molecule has 1 spiro atoms. The average molecular weight is 546 g/mol. The van der Waals surface area contributed by atoms with Crippen LogP contribution in [0.25, 0.3) is 10.9 Å². The summed E-state index contributed by atoms with van der Waals surface area (Å²) < 4.78 is 18.4. The van der Waals surface area contributed by atoms with Crippen LogP contribution in [0.5, 0.6) is 11.5 Å². The van der Waals surface area contributed by atoms with Crippen molar-refractivity contribution < 1.29 is 23.8 Å². The first-order chi connectivity index (χ1) is 19.6. The lowest BCUT2D eigenvalue weighted by Crippen LogP contribution is -2.62. The molecule has 0 N–H and O–H groups in total. The van der Waals surface area contributed by atoms with E-state index in [2.05, 4.69) is 18.0 Å². The Labute approximate surface area is 236 Å². The number of rotatable bonds is 6. The number of amides is 2. The highest BCUT2D eigenvalue weighted by atomic mass is 16.5. The molecule has 1 fully saturated rings. The van der Waals surface area contributed by atoms with Gasteiger partial charge in [0.2, 0.25) is 0 Å². The number of aromatic nitrogens is 1. The second-order valence-corrected chi connectivity index (χ2v) is 10.6. The van der Waals surface area contributed by atoms with Crippen molar-refractivity contribution in [2.24, 2.45) is 0 Å². The molecule has 0 bridgehead atoms. The fourth-order valence-electron chi connectivity index (χ4n) is 5.60. The van der Waals surface area contributed by atoms with Gasteiger partial charge in [-0.15, -0.1) is 0 Å². The van der Waals surface area contributed by atoms with Crippen molar-refractivity contribution in [1.29, 1.82) is 0 Å². The zero-order valence-electron chi connectivity index (χ0n) is 23.3. The average Bonchev–Trinajstić information content (AvgIpc) is 2.99. The number of fused-ring (bicyclic) bond motifs is 2. The van der Waals surface area contributed by atoms with E-state index in [9.17, 15) is 9.59 Å². The molecule has 8 heteroatoms. The highest BCUT2D eigenvalue weighted by Crippen LogP contribution is 2.30. The van der Waals surface area contributed by atoms with Crippen LogP contribution < -0.4 is 9.47 Å². The summed E-state index contributed by atoms with van der Waals surface area (Å²) in [5.41, 5.74) is 0.840. The van der Waals surface area contributed by atoms with E-state index in [1.54, 1.807) is 11.1 Å². The van der Waals surface area contributed by atoms with E-state index in [1.165, 1.54) is 5.56 Å². The zero-order chi connectivity index (χ0) is 27.8. The predicted molar refractivity (Wildman–Crippen MR) is 153 cm³/mol. The number of ether oxygens (including phenoxy) is 3. The van der Waals surface area contributed by atoms with Crippen LogP contribution in [0.4, 0.5) is 0 Å². The summed E-state index contributed by atoms with van der Waals surface area (Å²) in [5, 5.41) is 0.954. The van der Waals surface area contributed by atoms with Gasteiger partial charge >= 0.3 is 0 Å². The minimum atomic E-state index is -1.07. The molecule has 8 nitrogen and oxygen atoms in total. The van der Waals surface area contributed by atoms with E-state index in [-0.39, 0.29) is 25.0 Å². The van der Waals surface area contributed by atoms with Crippen molar-refractivity contribution in [3.8, 4) is 11.5 Å². The molecule has 3 aromatic rings. The van der Waals surface area contributed by atoms with Crippen LogP contribution in [-0.2, 0) is 20.7 Å². The van der Waals surface area contributed by atoms with Crippen LogP contribution in [0.2, 0.25) is 0 Å². The molecule has 3 heterocycles. The van der Waals surface area contributed by atoms with E-state index in [1.807, 2.05) is 53.4 Å². The van der Waals surface area contributed by atoms with Crippen LogP contribution in [0.3, 0.4) is 0 Å². The summed E-state index contributed by atoms with van der Waals surface area (Å²) in [6.07, 6.45) is 6.73. The molecule has 2 amide bonds. The first-order valence-corrected chi connectivity index (χ1v) is 14.5. The van der Waals surface area contributed by atoms with E-state index >= 15 is 0 Å². The van der Waals surface area contributed by atoms with Gasteiger partial charge in [-0.25, -0.2) is 0 Å². The number of benzene rings is 2. The number of nitrogens with zero attached hydrogens (tertiary/aromatic N) is 3. The highest BCUT2D eigenvalue weighted by Gasteiger charge is 2.46. The molecule has 40 heavy (non-hydrogen) atoms. The maximum Gasteiger partial charge on any atom is 0.260 e. The number of para-hydroxylation sites is 2. The Hall–Kier alpha value is -3.65. The summed E-state index contributed by atoms with van der Waals surface area (Å²) in [6, 6.07) is 17.7. The van der Waals surface area contributed by atoms with Crippen LogP contribution in [0, 0.1) is 0 Å². The molecule has 5 rings (SSSR count). The van der Waals surface area contributed by atoms with Crippen molar-refractivity contribution >= 4 is 22.7 Å². The van der Waals surface area contributed by atoms with Crippen molar-refractivity contribution in [2.75, 3.05) is 46.0 Å². The Balaban J connectivity index is 1.32. The van der Waals surface area contributed by atoms with Gasteiger partial charge < -0.3 is 24.0 Å². The number of carbonyl (C=O) groups excluding carboxylic acids is 2. The third-order valence-electron chi connectivity index (χ3n) is 7.81. The topological polar surface area (TPSA) is 81.2 Å². The normalized spacial score (nSPS) is 20.4. The second-order valence-electron chi connectivity index (χ2n) is 10.6. The van der Waals surface area contributed by atoms with Gasteiger partial charge in [-0.2, -0.15) is 0 Å². The van der Waals surface area contributed by atoms with E-state index < -0.39 is 5.60 Å². The Morgan fingerprint density at radius 1 is 1.05 bits per heavy atom. The summed E-state index contributed by atoms with van der Waals surface area (Å²) in [4.78, 5) is 35.6. The lowest BCUT2D eigenvalue weighted by atomic mass is 9.90. The van der Waals surface area contributed by atoms with Gasteiger partial charge in [0.05, 0.1) is 19.7 Å². The lowest BCUT2D eigenvalue weighted by Gasteiger charge is -2.44. The quantitative estimate of drug-likeness (QED) is 0.449. The summed E-state index contributed by atoms with van der Waals surface area (Å²) in [7, 11) is 0. The summed E-state index contributed by atoms with van der Waals surface area (Å²) in [5.74, 6) is 1.26. The Kier molecular flexibility index (Phi) is 9.16.